The summed E-state index contributed by atoms with van der Waals surface area (Å²) in [5.74, 6) is -0.123. The Morgan fingerprint density at radius 3 is 2.61 bits per heavy atom. The molecule has 6 heterocycles. The lowest BCUT2D eigenvalue weighted by atomic mass is 9.86. The Kier molecular flexibility index (Phi) is 12.9. The van der Waals surface area contributed by atoms with E-state index < -0.39 is 30.0 Å². The van der Waals surface area contributed by atoms with Gasteiger partial charge in [-0.1, -0.05) is 12.1 Å². The molecule has 1 saturated carbocycles. The van der Waals surface area contributed by atoms with E-state index in [1.54, 1.807) is 22.5 Å². The molecule has 2 aliphatic heterocycles. The van der Waals surface area contributed by atoms with Gasteiger partial charge in [0.1, 0.15) is 17.4 Å². The minimum atomic E-state index is -2.86. The molecule has 3 aliphatic rings. The van der Waals surface area contributed by atoms with Gasteiger partial charge in [0.2, 0.25) is 11.8 Å². The molecule has 4 aromatic heterocycles. The minimum absolute atomic E-state index is 0.00674. The third kappa shape index (κ3) is 9.23. The second-order valence-electron chi connectivity index (χ2n) is 16.5. The molecule has 3 N–H and O–H groups in total. The Morgan fingerprint density at radius 1 is 1.05 bits per heavy atom. The van der Waals surface area contributed by atoms with Crippen molar-refractivity contribution in [2.24, 2.45) is 13.0 Å². The van der Waals surface area contributed by atoms with Gasteiger partial charge < -0.3 is 25.2 Å². The van der Waals surface area contributed by atoms with Crippen LogP contribution < -0.4 is 26.5 Å². The Bertz CT molecular complexity index is 2430. The fraction of sp³-hybridized carbons (Fsp3) is 0.548. The second-order valence-corrected chi connectivity index (χ2v) is 16.5. The number of aromatic nitrogens is 7. The van der Waals surface area contributed by atoms with Gasteiger partial charge in [-0.3, -0.25) is 33.5 Å². The van der Waals surface area contributed by atoms with Crippen LogP contribution in [0.5, 0.6) is 0 Å². The van der Waals surface area contributed by atoms with Crippen LogP contribution in [0.25, 0.3) is 16.7 Å². The lowest BCUT2D eigenvalue weighted by molar-refractivity contribution is -0.135. The van der Waals surface area contributed by atoms with Crippen molar-refractivity contribution in [3.63, 3.8) is 0 Å². The number of hydrogen-bond donors (Lipinski definition) is 3. The van der Waals surface area contributed by atoms with Crippen molar-refractivity contribution in [1.82, 2.24) is 49.0 Å². The number of anilines is 2. The van der Waals surface area contributed by atoms with Crippen molar-refractivity contribution in [2.75, 3.05) is 69.7 Å². The van der Waals surface area contributed by atoms with Gasteiger partial charge in [0.15, 0.2) is 11.3 Å². The van der Waals surface area contributed by atoms with E-state index in [0.717, 1.165) is 94.7 Å². The van der Waals surface area contributed by atoms with E-state index in [1.807, 2.05) is 24.3 Å². The van der Waals surface area contributed by atoms with Crippen molar-refractivity contribution in [1.29, 1.82) is 0 Å². The number of carbonyl (C=O) groups is 3. The first-order valence-electron chi connectivity index (χ1n) is 21.3. The zero-order chi connectivity index (χ0) is 42.6. The number of fused-ring (bicyclic) bond motifs is 2. The van der Waals surface area contributed by atoms with Crippen molar-refractivity contribution >= 4 is 45.9 Å². The van der Waals surface area contributed by atoms with Gasteiger partial charge in [0, 0.05) is 78.3 Å². The zero-order valence-electron chi connectivity index (χ0n) is 34.7. The van der Waals surface area contributed by atoms with E-state index >= 15 is 0 Å². The smallest absolute Gasteiger partial charge is 0.329 e. The third-order valence-electron chi connectivity index (χ3n) is 12.3. The summed E-state index contributed by atoms with van der Waals surface area (Å²) in [5.41, 5.74) is 2.31. The second kappa shape index (κ2) is 18.6. The summed E-state index contributed by atoms with van der Waals surface area (Å²) in [6, 6.07) is 6.84. The van der Waals surface area contributed by atoms with Gasteiger partial charge in [-0.05, 0) is 82.0 Å². The molecular weight excluding hydrogens is 791 g/mol. The molecule has 3 fully saturated rings. The molecule has 1 aliphatic carbocycles. The maximum absolute atomic E-state index is 14.2. The maximum Gasteiger partial charge on any atom is 0.329 e. The van der Waals surface area contributed by atoms with Gasteiger partial charge >= 0.3 is 5.69 Å². The number of aryl methyl sites for hydroxylation is 2. The number of hydrogen-bond acceptors (Lipinski definition) is 11. The van der Waals surface area contributed by atoms with Crippen LogP contribution in [0.3, 0.4) is 0 Å². The Labute approximate surface area is 351 Å². The van der Waals surface area contributed by atoms with E-state index in [9.17, 15) is 28.0 Å². The highest BCUT2D eigenvalue weighted by Crippen LogP contribution is 2.35. The van der Waals surface area contributed by atoms with Gasteiger partial charge in [-0.15, -0.1) is 0 Å². The Balaban J connectivity index is 0.768. The highest BCUT2D eigenvalue weighted by molar-refractivity contribution is 6.08. The molecule has 3 amide bonds. The number of rotatable bonds is 16. The standard InChI is InChI=1S/C42H54F2N12O5/c1-51(18-5-23-61-22-4-7-28-6-3-8-32-37(28)52(2)42(60)56(32)33-13-14-35(57)49-41(33)59)25-27-9-11-29(12-10-27)55-26-31(36(50-55)38(43)44)47-40(58)30-24-46-54-19-15-34(48-39(30)54)53-20-16-45-17-21-53/h3,6,8,15,19,24,26-27,29,33,38,45H,4-5,7,9-14,16-18,20-23,25H2,1-2H3,(H,47,58)(H,49,57,59). The molecule has 0 bridgehead atoms. The van der Waals surface area contributed by atoms with Crippen LogP contribution in [0.4, 0.5) is 20.3 Å². The number of amides is 3. The molecule has 326 valence electrons. The summed E-state index contributed by atoms with van der Waals surface area (Å²) in [6.07, 6.45) is 8.17. The van der Waals surface area contributed by atoms with Gasteiger partial charge in [-0.25, -0.2) is 23.1 Å². The number of alkyl halides is 2. The first-order chi connectivity index (χ1) is 29.5. The van der Waals surface area contributed by atoms with E-state index in [4.69, 9.17) is 4.74 Å². The topological polar surface area (TPSA) is 178 Å². The molecule has 19 heteroatoms. The minimum Gasteiger partial charge on any atom is -0.381 e. The number of ether oxygens (including phenoxy) is 1. The summed E-state index contributed by atoms with van der Waals surface area (Å²) >= 11 is 0. The number of carbonyl (C=O) groups excluding carboxylic acids is 3. The van der Waals surface area contributed by atoms with Gasteiger partial charge in [-0.2, -0.15) is 10.2 Å². The highest BCUT2D eigenvalue weighted by Gasteiger charge is 2.32. The fourth-order valence-electron chi connectivity index (χ4n) is 9.11. The zero-order valence-corrected chi connectivity index (χ0v) is 34.7. The third-order valence-corrected chi connectivity index (χ3v) is 12.3. The number of nitrogens with zero attached hydrogens (tertiary/aromatic N) is 9. The van der Waals surface area contributed by atoms with E-state index in [1.165, 1.54) is 21.5 Å². The maximum atomic E-state index is 14.2. The monoisotopic (exact) mass is 844 g/mol. The molecular formula is C42H54F2N12O5. The molecule has 5 aromatic rings. The van der Waals surface area contributed by atoms with Crippen LogP contribution in [-0.2, 0) is 27.8 Å². The Morgan fingerprint density at radius 2 is 1.84 bits per heavy atom. The van der Waals surface area contributed by atoms with Crippen molar-refractivity contribution < 1.29 is 27.9 Å². The number of benzene rings is 1. The lowest BCUT2D eigenvalue weighted by Crippen LogP contribution is -2.44. The summed E-state index contributed by atoms with van der Waals surface area (Å²) in [5, 5.41) is 16.9. The predicted octanol–water partition coefficient (Wildman–Crippen LogP) is 3.86. The SMILES string of the molecule is CN(CCCOCCCc1cccc2c1n(C)c(=O)n2C1CCC(=O)NC1=O)CC1CCC(n2cc(NC(=O)c3cnn4ccc(N5CCNCC5)nc34)c(C(F)F)n2)CC1. The van der Waals surface area contributed by atoms with Crippen LogP contribution in [0.2, 0.25) is 0 Å². The number of piperidine rings is 1. The summed E-state index contributed by atoms with van der Waals surface area (Å²) in [4.78, 5) is 60.1. The fourth-order valence-corrected chi connectivity index (χ4v) is 9.11. The molecule has 1 aromatic carbocycles. The van der Waals surface area contributed by atoms with Gasteiger partial charge in [0.25, 0.3) is 12.3 Å². The molecule has 2 saturated heterocycles. The number of halogens is 2. The molecule has 17 nitrogen and oxygen atoms in total. The van der Waals surface area contributed by atoms with E-state index in [-0.39, 0.29) is 35.3 Å². The van der Waals surface area contributed by atoms with Crippen LogP contribution in [0.15, 0.2) is 47.7 Å². The van der Waals surface area contributed by atoms with E-state index in [0.29, 0.717) is 43.1 Å². The molecule has 1 atom stereocenters. The van der Waals surface area contributed by atoms with Crippen molar-refractivity contribution in [2.45, 2.75) is 76.3 Å². The Hall–Kier alpha value is -5.53. The quantitative estimate of drug-likeness (QED) is 0.0971. The van der Waals surface area contributed by atoms with Crippen molar-refractivity contribution in [3.8, 4) is 0 Å². The first-order valence-corrected chi connectivity index (χ1v) is 21.3. The number of imide groups is 1. The highest BCUT2D eigenvalue weighted by atomic mass is 19.3. The molecule has 0 spiro atoms. The first kappa shape index (κ1) is 42.2. The summed E-state index contributed by atoms with van der Waals surface area (Å²) in [6.45, 7) is 6.26. The lowest BCUT2D eigenvalue weighted by Gasteiger charge is -2.31. The average molecular weight is 845 g/mol. The molecule has 1 unspecified atom stereocenters. The molecule has 0 radical (unpaired) electrons. The van der Waals surface area contributed by atoms with Crippen LogP contribution >= 0.6 is 0 Å². The largest absolute Gasteiger partial charge is 0.381 e. The van der Waals surface area contributed by atoms with Crippen molar-refractivity contribution in [3.05, 3.63) is 70.2 Å². The summed E-state index contributed by atoms with van der Waals surface area (Å²) < 4.78 is 40.6. The number of imidazole rings is 1. The summed E-state index contributed by atoms with van der Waals surface area (Å²) in [7, 11) is 3.83. The predicted molar refractivity (Wildman–Crippen MR) is 224 cm³/mol. The van der Waals surface area contributed by atoms with Crippen LogP contribution in [0.1, 0.15) is 91.5 Å². The van der Waals surface area contributed by atoms with Crippen LogP contribution in [-0.4, -0.2) is 116 Å². The van der Waals surface area contributed by atoms with Gasteiger partial charge in [0.05, 0.1) is 29.0 Å². The molecule has 8 rings (SSSR count). The average Bonchev–Trinajstić information content (AvgIpc) is 3.95. The molecule has 61 heavy (non-hydrogen) atoms. The number of para-hydroxylation sites is 1. The number of nitrogens with one attached hydrogen (secondary N) is 3. The van der Waals surface area contributed by atoms with Crippen LogP contribution in [0, 0.1) is 5.92 Å². The number of piperazine rings is 1. The normalized spacial score (nSPS) is 20.0. The van der Waals surface area contributed by atoms with E-state index in [2.05, 4.69) is 48.0 Å².